The van der Waals surface area contributed by atoms with Crippen molar-refractivity contribution in [2.75, 3.05) is 4.90 Å². The van der Waals surface area contributed by atoms with Gasteiger partial charge < -0.3 is 5.11 Å². The van der Waals surface area contributed by atoms with Crippen LogP contribution < -0.4 is 4.90 Å². The van der Waals surface area contributed by atoms with Crippen molar-refractivity contribution in [2.24, 2.45) is 0 Å². The average molecular weight is 506 g/mol. The van der Waals surface area contributed by atoms with E-state index in [1.54, 1.807) is 19.1 Å². The number of nitrogens with zero attached hydrogens (tertiary/aromatic N) is 3. The van der Waals surface area contributed by atoms with Crippen LogP contribution in [0.1, 0.15) is 27.0 Å². The van der Waals surface area contributed by atoms with Gasteiger partial charge in [0.25, 0.3) is 5.91 Å². The number of hydrogen-bond acceptors (Lipinski definition) is 6. The molecule has 5 rings (SSSR count). The van der Waals surface area contributed by atoms with Crippen molar-refractivity contribution >= 4 is 40.3 Å². The zero-order valence-electron chi connectivity index (χ0n) is 18.3. The van der Waals surface area contributed by atoms with Crippen molar-refractivity contribution in [3.63, 3.8) is 0 Å². The molecule has 0 aliphatic carbocycles. The van der Waals surface area contributed by atoms with Crippen LogP contribution >= 0.6 is 22.9 Å². The third kappa shape index (κ3) is 4.00. The molecule has 0 fully saturated rings. The number of aliphatic hydroxyl groups is 1. The van der Waals surface area contributed by atoms with Crippen molar-refractivity contribution in [2.45, 2.75) is 13.0 Å². The maximum absolute atomic E-state index is 13.8. The van der Waals surface area contributed by atoms with E-state index in [2.05, 4.69) is 9.97 Å². The lowest BCUT2D eigenvalue weighted by Crippen LogP contribution is -2.31. The topological polar surface area (TPSA) is 83.4 Å². The molecule has 3 heterocycles. The Bertz CT molecular complexity index is 1490. The number of hydrogen-bond donors (Lipinski definition) is 1. The Morgan fingerprint density at radius 1 is 1.11 bits per heavy atom. The Morgan fingerprint density at radius 2 is 1.83 bits per heavy atom. The molecular weight excluding hydrogens is 489 g/mol. The number of carbonyl (C=O) groups is 2. The summed E-state index contributed by atoms with van der Waals surface area (Å²) in [6, 6.07) is 15.5. The summed E-state index contributed by atoms with van der Waals surface area (Å²) in [7, 11) is 0. The first-order chi connectivity index (χ1) is 16.9. The smallest absolute Gasteiger partial charge is 0.294 e. The predicted octanol–water partition coefficient (Wildman–Crippen LogP) is 6.09. The van der Waals surface area contributed by atoms with E-state index in [0.717, 1.165) is 11.6 Å². The van der Waals surface area contributed by atoms with Gasteiger partial charge in [0.2, 0.25) is 5.78 Å². The molecule has 0 radical (unpaired) electrons. The van der Waals surface area contributed by atoms with Crippen molar-refractivity contribution in [3.05, 3.63) is 111 Å². The largest absolute Gasteiger partial charge is 0.503 e. The van der Waals surface area contributed by atoms with Gasteiger partial charge in [-0.05, 0) is 42.8 Å². The molecule has 9 heteroatoms. The van der Waals surface area contributed by atoms with Crippen LogP contribution in [0, 0.1) is 12.7 Å². The number of thiazole rings is 1. The summed E-state index contributed by atoms with van der Waals surface area (Å²) >= 11 is 7.16. The van der Waals surface area contributed by atoms with E-state index < -0.39 is 29.3 Å². The lowest BCUT2D eigenvalue weighted by molar-refractivity contribution is -0.117. The fourth-order valence-corrected chi connectivity index (χ4v) is 5.23. The third-order valence-corrected chi connectivity index (χ3v) is 7.17. The first-order valence-corrected chi connectivity index (χ1v) is 11.8. The van der Waals surface area contributed by atoms with E-state index in [1.165, 1.54) is 40.8 Å². The minimum Gasteiger partial charge on any atom is -0.503 e. The maximum atomic E-state index is 13.8. The lowest BCUT2D eigenvalue weighted by atomic mass is 9.95. The molecule has 4 aromatic rings. The second-order valence-corrected chi connectivity index (χ2v) is 9.25. The minimum atomic E-state index is -0.971. The molecule has 1 aliphatic rings. The summed E-state index contributed by atoms with van der Waals surface area (Å²) in [5.74, 6) is -2.62. The second-order valence-electron chi connectivity index (χ2n) is 7.85. The molecule has 174 valence electrons. The molecule has 0 saturated heterocycles. The molecule has 1 aliphatic heterocycles. The van der Waals surface area contributed by atoms with Gasteiger partial charge in [-0.25, -0.2) is 9.37 Å². The van der Waals surface area contributed by atoms with Crippen LogP contribution in [0.15, 0.2) is 84.4 Å². The van der Waals surface area contributed by atoms with Crippen LogP contribution in [0.25, 0.3) is 10.6 Å². The number of anilines is 1. The molecule has 1 N–H and O–H groups in total. The van der Waals surface area contributed by atoms with E-state index in [-0.39, 0.29) is 16.3 Å². The van der Waals surface area contributed by atoms with Gasteiger partial charge in [0.1, 0.15) is 10.8 Å². The van der Waals surface area contributed by atoms with E-state index in [4.69, 9.17) is 11.6 Å². The molecule has 2 aromatic heterocycles. The lowest BCUT2D eigenvalue weighted by Gasteiger charge is -2.27. The Hall–Kier alpha value is -3.88. The number of amides is 1. The molecule has 0 spiro atoms. The number of halogens is 2. The van der Waals surface area contributed by atoms with Crippen LogP contribution in [-0.2, 0) is 4.79 Å². The maximum Gasteiger partial charge on any atom is 0.294 e. The molecule has 0 saturated carbocycles. The van der Waals surface area contributed by atoms with Gasteiger partial charge in [-0.2, -0.15) is 0 Å². The molecule has 6 nitrogen and oxygen atoms in total. The number of pyridine rings is 1. The molecule has 0 bridgehead atoms. The molecule has 1 atom stereocenters. The summed E-state index contributed by atoms with van der Waals surface area (Å²) in [4.78, 5) is 37.2. The molecule has 2 aromatic carbocycles. The fourth-order valence-electron chi connectivity index (χ4n) is 4.03. The SMILES string of the molecule is Cc1nc(-c2ccccc2)sc1C(=O)C1=C(O)C(=O)N(c2ccc(F)c(Cl)c2)C1c1ccncc1. The number of aliphatic hydroxyl groups excluding tert-OH is 1. The highest BCUT2D eigenvalue weighted by atomic mass is 35.5. The Balaban J connectivity index is 1.63. The summed E-state index contributed by atoms with van der Waals surface area (Å²) < 4.78 is 13.8. The van der Waals surface area contributed by atoms with Gasteiger partial charge in [0.05, 0.1) is 27.2 Å². The van der Waals surface area contributed by atoms with Gasteiger partial charge in [-0.15, -0.1) is 11.3 Å². The van der Waals surface area contributed by atoms with E-state index in [9.17, 15) is 19.1 Å². The Labute approximate surface area is 209 Å². The van der Waals surface area contributed by atoms with Crippen molar-refractivity contribution in [1.82, 2.24) is 9.97 Å². The highest BCUT2D eigenvalue weighted by Gasteiger charge is 2.45. The Kier molecular flexibility index (Phi) is 5.92. The molecule has 35 heavy (non-hydrogen) atoms. The van der Waals surface area contributed by atoms with Crippen LogP contribution in [0.3, 0.4) is 0 Å². The van der Waals surface area contributed by atoms with Gasteiger partial charge in [0.15, 0.2) is 5.76 Å². The first-order valence-electron chi connectivity index (χ1n) is 10.6. The first kappa shape index (κ1) is 22.9. The Morgan fingerprint density at radius 3 is 2.51 bits per heavy atom. The van der Waals surface area contributed by atoms with Gasteiger partial charge >= 0.3 is 0 Å². The van der Waals surface area contributed by atoms with Crippen molar-refractivity contribution in [1.29, 1.82) is 0 Å². The monoisotopic (exact) mass is 505 g/mol. The van der Waals surface area contributed by atoms with E-state index in [0.29, 0.717) is 21.1 Å². The van der Waals surface area contributed by atoms with E-state index >= 15 is 0 Å². The fraction of sp³-hybridized carbons (Fsp3) is 0.0769. The summed E-state index contributed by atoms with van der Waals surface area (Å²) in [5, 5.41) is 11.4. The quantitative estimate of drug-likeness (QED) is 0.332. The van der Waals surface area contributed by atoms with Crippen LogP contribution in [0.5, 0.6) is 0 Å². The van der Waals surface area contributed by atoms with Crippen molar-refractivity contribution < 1.29 is 19.1 Å². The van der Waals surface area contributed by atoms with Gasteiger partial charge in [-0.1, -0.05) is 41.9 Å². The highest BCUT2D eigenvalue weighted by Crippen LogP contribution is 2.43. The molecular formula is C26H17ClFN3O3S. The minimum absolute atomic E-state index is 0.0898. The predicted molar refractivity (Wildman–Crippen MR) is 132 cm³/mol. The highest BCUT2D eigenvalue weighted by molar-refractivity contribution is 7.17. The van der Waals surface area contributed by atoms with Crippen LogP contribution in [-0.4, -0.2) is 26.8 Å². The number of rotatable bonds is 5. The number of aryl methyl sites for hydroxylation is 1. The van der Waals surface area contributed by atoms with Crippen LogP contribution in [0.4, 0.5) is 10.1 Å². The summed E-state index contributed by atoms with van der Waals surface area (Å²) in [6.45, 7) is 1.71. The average Bonchev–Trinajstić information content (AvgIpc) is 3.39. The standard InChI is InChI=1S/C26H17ClFN3O3S/c1-14-24(35-25(30-14)16-5-3-2-4-6-16)22(32)20-21(15-9-11-29-12-10-15)31(26(34)23(20)33)17-7-8-19(28)18(27)13-17/h2-13,21,33H,1H3. The third-order valence-electron chi connectivity index (χ3n) is 5.68. The normalized spacial score (nSPS) is 15.7. The number of aromatic nitrogens is 2. The molecule has 1 amide bonds. The summed E-state index contributed by atoms with van der Waals surface area (Å²) in [6.07, 6.45) is 3.05. The summed E-state index contributed by atoms with van der Waals surface area (Å²) in [5.41, 5.74) is 2.04. The zero-order chi connectivity index (χ0) is 24.7. The van der Waals surface area contributed by atoms with Gasteiger partial charge in [0, 0.05) is 23.6 Å². The number of Topliss-reactive ketones (excluding diaryl/α,β-unsaturated/α-hetero) is 1. The van der Waals surface area contributed by atoms with Crippen molar-refractivity contribution in [3.8, 4) is 10.6 Å². The molecule has 1 unspecified atom stereocenters. The van der Waals surface area contributed by atoms with Crippen LogP contribution in [0.2, 0.25) is 5.02 Å². The van der Waals surface area contributed by atoms with E-state index in [1.807, 2.05) is 30.3 Å². The number of ketones is 1. The van der Waals surface area contributed by atoms with Gasteiger partial charge in [-0.3, -0.25) is 19.5 Å². The number of carbonyl (C=O) groups excluding carboxylic acids is 2. The second kappa shape index (κ2) is 9.05. The number of benzene rings is 2. The zero-order valence-corrected chi connectivity index (χ0v) is 19.8.